The van der Waals surface area contributed by atoms with Crippen LogP contribution in [0.2, 0.25) is 0 Å². The van der Waals surface area contributed by atoms with Crippen LogP contribution >= 0.6 is 0 Å². The van der Waals surface area contributed by atoms with Gasteiger partial charge in [0.1, 0.15) is 13.2 Å². The molecule has 6 nitrogen and oxygen atoms in total. The number of carbonyl (C=O) groups excluding carboxylic acids is 3. The topological polar surface area (TPSA) is 78.9 Å². The molecule has 444 valence electrons. The van der Waals surface area contributed by atoms with E-state index in [4.69, 9.17) is 14.2 Å². The molecule has 0 heterocycles. The number of ether oxygens (including phenoxy) is 3. The third-order valence-corrected chi connectivity index (χ3v) is 13.0. The molecule has 0 aromatic rings. The van der Waals surface area contributed by atoms with Crippen molar-refractivity contribution in [2.24, 2.45) is 0 Å². The maximum Gasteiger partial charge on any atom is 0.309 e. The molecule has 0 aromatic heterocycles. The van der Waals surface area contributed by atoms with Crippen LogP contribution in [0, 0.1) is 0 Å². The number of allylic oxidation sites excluding steroid dienone is 25. The third kappa shape index (κ3) is 63.7. The van der Waals surface area contributed by atoms with E-state index in [-0.39, 0.29) is 38.0 Å². The van der Waals surface area contributed by atoms with Crippen LogP contribution in [0.3, 0.4) is 0 Å². The minimum Gasteiger partial charge on any atom is -0.462 e. The van der Waals surface area contributed by atoms with Crippen molar-refractivity contribution in [3.05, 3.63) is 158 Å². The zero-order valence-electron chi connectivity index (χ0n) is 50.8. The standard InChI is InChI=1S/C73H116O6/c1-4-7-10-13-16-19-22-25-28-30-32-33-34-35-36-37-38-39-41-42-45-48-51-54-57-60-63-66-72(75)78-69-70(68-77-71(74)65-62-59-56-53-50-47-44-27-24-21-18-15-12-9-6-3)79-73(76)67-64-61-58-55-52-49-46-43-40-31-29-26-23-20-17-14-11-8-5-2/h8-9,11-12,17-18,20-22,25-27,29-30,32,34-35,40,43-44,49-50,52-53,59,62,70H,4-7,10,13-16,19,23-24,28,31,33,36-39,41-42,45-48,51,54-58,60-61,63-69H2,1-3H3/b11-8-,12-9-,20-17-,21-18-,25-22-,29-26-,32-30-,35-34-,43-40-,44-27-,52-49-,53-50-,62-59-. The minimum absolute atomic E-state index is 0.112. The fourth-order valence-electron chi connectivity index (χ4n) is 8.31. The van der Waals surface area contributed by atoms with E-state index in [1.54, 1.807) is 6.08 Å². The van der Waals surface area contributed by atoms with Gasteiger partial charge in [0.15, 0.2) is 6.10 Å². The van der Waals surface area contributed by atoms with Crippen molar-refractivity contribution in [1.82, 2.24) is 0 Å². The SMILES string of the molecule is CC/C=C\C/C=C\C/C=C\C/C=C\C/C=C\CCCCCC(=O)OC(COC(=O)C/C=C\C/C=C\C/C=C\C/C=C\C/C=C\CC)COC(=O)CCCCCCCCCCCCCC/C=C\C/C=C\C/C=C\CCCCCCC. The molecule has 0 saturated heterocycles. The summed E-state index contributed by atoms with van der Waals surface area (Å²) < 4.78 is 16.8. The molecule has 6 heteroatoms. The summed E-state index contributed by atoms with van der Waals surface area (Å²) in [6, 6.07) is 0. The van der Waals surface area contributed by atoms with E-state index >= 15 is 0 Å². The quantitative estimate of drug-likeness (QED) is 0.0261. The maximum atomic E-state index is 12.9. The van der Waals surface area contributed by atoms with E-state index in [1.165, 1.54) is 103 Å². The second-order valence-corrected chi connectivity index (χ2v) is 20.6. The number of esters is 3. The summed E-state index contributed by atoms with van der Waals surface area (Å²) in [6.45, 7) is 6.28. The van der Waals surface area contributed by atoms with Crippen LogP contribution in [0.25, 0.3) is 0 Å². The molecule has 0 amide bonds. The Hall–Kier alpha value is -4.97. The highest BCUT2D eigenvalue weighted by Gasteiger charge is 2.19. The molecule has 1 atom stereocenters. The summed E-state index contributed by atoms with van der Waals surface area (Å²) >= 11 is 0. The molecule has 0 bridgehead atoms. The van der Waals surface area contributed by atoms with E-state index in [2.05, 4.69) is 167 Å². The molecule has 0 N–H and O–H groups in total. The molecule has 0 aliphatic carbocycles. The van der Waals surface area contributed by atoms with E-state index in [1.807, 2.05) is 6.08 Å². The first-order valence-corrected chi connectivity index (χ1v) is 32.0. The summed E-state index contributed by atoms with van der Waals surface area (Å²) in [7, 11) is 0. The van der Waals surface area contributed by atoms with Gasteiger partial charge in [-0.2, -0.15) is 0 Å². The number of carbonyl (C=O) groups is 3. The molecule has 0 aromatic carbocycles. The van der Waals surface area contributed by atoms with Gasteiger partial charge < -0.3 is 14.2 Å². The second kappa shape index (κ2) is 65.5. The van der Waals surface area contributed by atoms with Gasteiger partial charge in [-0.25, -0.2) is 0 Å². The first-order valence-electron chi connectivity index (χ1n) is 32.0. The predicted octanol–water partition coefficient (Wildman–Crippen LogP) is 22.1. The summed E-state index contributed by atoms with van der Waals surface area (Å²) in [6.07, 6.45) is 95.6. The number of rotatable bonds is 56. The molecule has 1 unspecified atom stereocenters. The fourth-order valence-corrected chi connectivity index (χ4v) is 8.31. The van der Waals surface area contributed by atoms with Gasteiger partial charge in [-0.1, -0.05) is 275 Å². The van der Waals surface area contributed by atoms with Crippen LogP contribution in [0.4, 0.5) is 0 Å². The number of unbranched alkanes of at least 4 members (excludes halogenated alkanes) is 20. The molecule has 0 saturated carbocycles. The molecule has 0 radical (unpaired) electrons. The van der Waals surface area contributed by atoms with Crippen LogP contribution < -0.4 is 0 Å². The highest BCUT2D eigenvalue weighted by Crippen LogP contribution is 2.15. The highest BCUT2D eigenvalue weighted by atomic mass is 16.6. The lowest BCUT2D eigenvalue weighted by Crippen LogP contribution is -2.30. The lowest BCUT2D eigenvalue weighted by molar-refractivity contribution is -0.166. The monoisotopic (exact) mass is 1090 g/mol. The van der Waals surface area contributed by atoms with E-state index in [0.29, 0.717) is 12.8 Å². The molecule has 0 rings (SSSR count). The smallest absolute Gasteiger partial charge is 0.309 e. The van der Waals surface area contributed by atoms with Gasteiger partial charge >= 0.3 is 17.9 Å². The summed E-state index contributed by atoms with van der Waals surface area (Å²) in [4.78, 5) is 38.2. The fraction of sp³-hybridized carbons (Fsp3) is 0.603. The Labute approximate surface area is 486 Å². The molecule has 0 aliphatic heterocycles. The Bertz CT molecular complexity index is 1780. The molecule has 79 heavy (non-hydrogen) atoms. The van der Waals surface area contributed by atoms with Crippen LogP contribution in [-0.4, -0.2) is 37.2 Å². The van der Waals surface area contributed by atoms with Gasteiger partial charge in [0.25, 0.3) is 0 Å². The van der Waals surface area contributed by atoms with E-state index in [9.17, 15) is 14.4 Å². The highest BCUT2D eigenvalue weighted by molar-refractivity contribution is 5.72. The largest absolute Gasteiger partial charge is 0.462 e. The van der Waals surface area contributed by atoms with Crippen LogP contribution in [0.15, 0.2) is 158 Å². The Balaban J connectivity index is 4.46. The van der Waals surface area contributed by atoms with Crippen molar-refractivity contribution in [2.45, 2.75) is 271 Å². The summed E-state index contributed by atoms with van der Waals surface area (Å²) in [5.41, 5.74) is 0. The van der Waals surface area contributed by atoms with Gasteiger partial charge in [-0.15, -0.1) is 0 Å². The van der Waals surface area contributed by atoms with Crippen LogP contribution in [0.5, 0.6) is 0 Å². The van der Waals surface area contributed by atoms with E-state index < -0.39 is 12.1 Å². The molecular formula is C73H116O6. The van der Waals surface area contributed by atoms with Crippen molar-refractivity contribution >= 4 is 17.9 Å². The zero-order valence-corrected chi connectivity index (χ0v) is 50.8. The zero-order chi connectivity index (χ0) is 57.1. The van der Waals surface area contributed by atoms with E-state index in [0.717, 1.165) is 116 Å². The average Bonchev–Trinajstić information content (AvgIpc) is 3.45. The minimum atomic E-state index is -0.845. The van der Waals surface area contributed by atoms with Crippen LogP contribution in [-0.2, 0) is 28.6 Å². The van der Waals surface area contributed by atoms with Crippen molar-refractivity contribution in [1.29, 1.82) is 0 Å². The predicted molar refractivity (Wildman–Crippen MR) is 343 cm³/mol. The summed E-state index contributed by atoms with van der Waals surface area (Å²) in [5.74, 6) is -1.10. The Morgan fingerprint density at radius 1 is 0.278 bits per heavy atom. The van der Waals surface area contributed by atoms with Crippen molar-refractivity contribution in [2.75, 3.05) is 13.2 Å². The molecule has 0 spiro atoms. The average molecular weight is 1090 g/mol. The Kier molecular flexibility index (Phi) is 61.4. The first kappa shape index (κ1) is 74.0. The third-order valence-electron chi connectivity index (χ3n) is 13.0. The van der Waals surface area contributed by atoms with Crippen LogP contribution in [0.1, 0.15) is 265 Å². The van der Waals surface area contributed by atoms with Crippen molar-refractivity contribution in [3.63, 3.8) is 0 Å². The number of hydrogen-bond donors (Lipinski definition) is 0. The Morgan fingerprint density at radius 3 is 0.899 bits per heavy atom. The molecular weight excluding hydrogens is 973 g/mol. The maximum absolute atomic E-state index is 12.9. The lowest BCUT2D eigenvalue weighted by Gasteiger charge is -2.18. The Morgan fingerprint density at radius 2 is 0.544 bits per heavy atom. The van der Waals surface area contributed by atoms with Gasteiger partial charge in [-0.3, -0.25) is 14.4 Å². The van der Waals surface area contributed by atoms with Gasteiger partial charge in [0.2, 0.25) is 0 Å². The lowest BCUT2D eigenvalue weighted by atomic mass is 10.0. The summed E-state index contributed by atoms with van der Waals surface area (Å²) in [5, 5.41) is 0. The normalized spacial score (nSPS) is 13.2. The first-order chi connectivity index (χ1) is 39.0. The van der Waals surface area contributed by atoms with Crippen molar-refractivity contribution < 1.29 is 28.6 Å². The molecule has 0 fully saturated rings. The van der Waals surface area contributed by atoms with Gasteiger partial charge in [0, 0.05) is 12.8 Å². The molecule has 0 aliphatic rings. The number of hydrogen-bond acceptors (Lipinski definition) is 6. The van der Waals surface area contributed by atoms with Gasteiger partial charge in [0.05, 0.1) is 6.42 Å². The van der Waals surface area contributed by atoms with Gasteiger partial charge in [-0.05, 0) is 128 Å². The van der Waals surface area contributed by atoms with Crippen molar-refractivity contribution in [3.8, 4) is 0 Å². The second-order valence-electron chi connectivity index (χ2n) is 20.6.